The summed E-state index contributed by atoms with van der Waals surface area (Å²) < 4.78 is 38.2. The molecule has 1 nitrogen and oxygen atoms in total. The van der Waals surface area contributed by atoms with E-state index in [9.17, 15) is 13.2 Å². The fourth-order valence-electron chi connectivity index (χ4n) is 4.30. The molecule has 1 aliphatic heterocycles. The number of benzene rings is 2. The van der Waals surface area contributed by atoms with E-state index in [1.165, 1.54) is 76.7 Å². The molecule has 0 aromatic heterocycles. The van der Waals surface area contributed by atoms with E-state index in [2.05, 4.69) is 4.90 Å². The van der Waals surface area contributed by atoms with Gasteiger partial charge >= 0.3 is 6.18 Å². The zero-order chi connectivity index (χ0) is 19.8. The van der Waals surface area contributed by atoms with Crippen LogP contribution in [0.4, 0.5) is 13.2 Å². The van der Waals surface area contributed by atoms with Crippen LogP contribution in [-0.2, 0) is 6.18 Å². The van der Waals surface area contributed by atoms with Crippen LogP contribution in [0.2, 0.25) is 0 Å². The van der Waals surface area contributed by atoms with Crippen LogP contribution in [0.25, 0.3) is 11.1 Å². The molecular formula is C24H30F3N. The lowest BCUT2D eigenvalue weighted by Crippen LogP contribution is -2.33. The normalized spacial score (nSPS) is 18.5. The summed E-state index contributed by atoms with van der Waals surface area (Å²) in [6.07, 6.45) is 6.08. The Hall–Kier alpha value is -1.81. The maximum absolute atomic E-state index is 12.7. The predicted octanol–water partition coefficient (Wildman–Crippen LogP) is 7.03. The summed E-state index contributed by atoms with van der Waals surface area (Å²) in [5.41, 5.74) is 0.201. The molecule has 0 radical (unpaired) electrons. The third-order valence-corrected chi connectivity index (χ3v) is 5.76. The molecule has 1 saturated heterocycles. The van der Waals surface area contributed by atoms with Crippen LogP contribution in [0.3, 0.4) is 0 Å². The van der Waals surface area contributed by atoms with Crippen molar-refractivity contribution in [1.82, 2.24) is 4.90 Å². The first-order valence-corrected chi connectivity index (χ1v) is 10.5. The third kappa shape index (κ3) is 6.10. The smallest absolute Gasteiger partial charge is 0.303 e. The van der Waals surface area contributed by atoms with Gasteiger partial charge in [-0.2, -0.15) is 13.2 Å². The molecule has 0 atom stereocenters. The van der Waals surface area contributed by atoms with Gasteiger partial charge in [-0.15, -0.1) is 0 Å². The second-order valence-electron chi connectivity index (χ2n) is 7.92. The third-order valence-electron chi connectivity index (χ3n) is 5.76. The molecule has 0 spiro atoms. The lowest BCUT2D eigenvalue weighted by molar-refractivity contribution is -0.137. The van der Waals surface area contributed by atoms with Gasteiger partial charge in [0.25, 0.3) is 0 Å². The molecule has 4 rings (SSSR count). The van der Waals surface area contributed by atoms with Gasteiger partial charge in [-0.3, -0.25) is 0 Å². The number of halogens is 3. The van der Waals surface area contributed by atoms with Gasteiger partial charge in [0.1, 0.15) is 0 Å². The Labute approximate surface area is 166 Å². The zero-order valence-electron chi connectivity index (χ0n) is 16.4. The lowest BCUT2D eigenvalue weighted by Gasteiger charge is -2.28. The van der Waals surface area contributed by atoms with Gasteiger partial charge in [-0.05, 0) is 61.9 Å². The van der Waals surface area contributed by atoms with E-state index >= 15 is 0 Å². The molecule has 1 heterocycles. The Morgan fingerprint density at radius 1 is 0.750 bits per heavy atom. The molecular weight excluding hydrogens is 359 g/mol. The van der Waals surface area contributed by atoms with E-state index in [0.29, 0.717) is 5.56 Å². The second kappa shape index (κ2) is 10.1. The highest BCUT2D eigenvalue weighted by Gasteiger charge is 2.33. The highest BCUT2D eigenvalue weighted by molar-refractivity contribution is 5.67. The van der Waals surface area contributed by atoms with Crippen LogP contribution in [0.1, 0.15) is 50.5 Å². The Balaban J connectivity index is 0.000000167. The summed E-state index contributed by atoms with van der Waals surface area (Å²) in [7, 11) is 0. The highest BCUT2D eigenvalue weighted by atomic mass is 19.4. The van der Waals surface area contributed by atoms with Crippen LogP contribution in [-0.4, -0.2) is 24.5 Å². The van der Waals surface area contributed by atoms with Crippen molar-refractivity contribution in [2.24, 2.45) is 5.92 Å². The first kappa shape index (κ1) is 20.9. The summed E-state index contributed by atoms with van der Waals surface area (Å²) in [5.74, 6) is 1.06. The van der Waals surface area contributed by atoms with Gasteiger partial charge < -0.3 is 4.90 Å². The van der Waals surface area contributed by atoms with E-state index < -0.39 is 11.7 Å². The summed E-state index contributed by atoms with van der Waals surface area (Å²) in [5, 5.41) is 0. The maximum Gasteiger partial charge on any atom is 0.417 e. The average molecular weight is 390 g/mol. The van der Waals surface area contributed by atoms with Gasteiger partial charge in [0, 0.05) is 6.54 Å². The number of hydrogen-bond donors (Lipinski definition) is 0. The van der Waals surface area contributed by atoms with Crippen molar-refractivity contribution in [3.63, 3.8) is 0 Å². The summed E-state index contributed by atoms with van der Waals surface area (Å²) in [4.78, 5) is 2.69. The minimum absolute atomic E-state index is 0.218. The number of likely N-dealkylation sites (tertiary alicyclic amines) is 1. The van der Waals surface area contributed by atoms with Crippen molar-refractivity contribution in [2.45, 2.75) is 51.1 Å². The Kier molecular flexibility index (Phi) is 7.55. The Morgan fingerprint density at radius 2 is 1.36 bits per heavy atom. The SMILES string of the molecule is C1CCN(CC2CCCC2)CC1.FC(F)(F)c1ccccc1-c1ccccc1. The Morgan fingerprint density at radius 3 is 2.00 bits per heavy atom. The van der Waals surface area contributed by atoms with E-state index in [1.807, 2.05) is 0 Å². The Bertz CT molecular complexity index is 699. The number of alkyl halides is 3. The number of rotatable bonds is 3. The fraction of sp³-hybridized carbons (Fsp3) is 0.500. The molecule has 28 heavy (non-hydrogen) atoms. The van der Waals surface area contributed by atoms with E-state index in [-0.39, 0.29) is 5.56 Å². The molecule has 1 aliphatic carbocycles. The minimum Gasteiger partial charge on any atom is -0.303 e. The second-order valence-corrected chi connectivity index (χ2v) is 7.92. The van der Waals surface area contributed by atoms with Gasteiger partial charge in [-0.25, -0.2) is 0 Å². The number of hydrogen-bond acceptors (Lipinski definition) is 1. The summed E-state index contributed by atoms with van der Waals surface area (Å²) in [6.45, 7) is 4.19. The molecule has 0 N–H and O–H groups in total. The largest absolute Gasteiger partial charge is 0.417 e. The van der Waals surface area contributed by atoms with Crippen LogP contribution < -0.4 is 0 Å². The molecule has 2 aromatic carbocycles. The van der Waals surface area contributed by atoms with E-state index in [1.54, 1.807) is 36.4 Å². The molecule has 2 fully saturated rings. The molecule has 0 bridgehead atoms. The monoisotopic (exact) mass is 389 g/mol. The number of piperidine rings is 1. The quantitative estimate of drug-likeness (QED) is 0.544. The van der Waals surface area contributed by atoms with Crippen molar-refractivity contribution in [3.05, 3.63) is 60.2 Å². The van der Waals surface area contributed by atoms with Crippen LogP contribution in [0.15, 0.2) is 54.6 Å². The van der Waals surface area contributed by atoms with E-state index in [0.717, 1.165) is 12.0 Å². The fourth-order valence-corrected chi connectivity index (χ4v) is 4.30. The standard InChI is InChI=1S/C13H9F3.C11H21N/c14-13(15,16)12-9-5-4-8-11(12)10-6-2-1-3-7-10;1-4-8-12(9-5-1)10-11-6-2-3-7-11/h1-9H;11H,1-10H2. The topological polar surface area (TPSA) is 3.24 Å². The first-order valence-electron chi connectivity index (χ1n) is 10.5. The molecule has 2 aromatic rings. The van der Waals surface area contributed by atoms with Gasteiger partial charge in [0.05, 0.1) is 5.56 Å². The van der Waals surface area contributed by atoms with Crippen molar-refractivity contribution >= 4 is 0 Å². The van der Waals surface area contributed by atoms with Crippen molar-refractivity contribution in [1.29, 1.82) is 0 Å². The predicted molar refractivity (Wildman–Crippen MR) is 109 cm³/mol. The molecule has 2 aliphatic rings. The van der Waals surface area contributed by atoms with Crippen molar-refractivity contribution in [3.8, 4) is 11.1 Å². The van der Waals surface area contributed by atoms with Gasteiger partial charge in [-0.1, -0.05) is 67.8 Å². The lowest BCUT2D eigenvalue weighted by atomic mass is 9.99. The van der Waals surface area contributed by atoms with Crippen LogP contribution in [0, 0.1) is 5.92 Å². The molecule has 152 valence electrons. The van der Waals surface area contributed by atoms with E-state index in [4.69, 9.17) is 0 Å². The number of nitrogens with zero attached hydrogens (tertiary/aromatic N) is 1. The van der Waals surface area contributed by atoms with Crippen LogP contribution >= 0.6 is 0 Å². The molecule has 1 saturated carbocycles. The first-order chi connectivity index (χ1) is 13.5. The summed E-state index contributed by atoms with van der Waals surface area (Å²) in [6, 6.07) is 14.2. The maximum atomic E-state index is 12.7. The highest BCUT2D eigenvalue weighted by Crippen LogP contribution is 2.36. The summed E-state index contributed by atoms with van der Waals surface area (Å²) >= 11 is 0. The van der Waals surface area contributed by atoms with Gasteiger partial charge in [0.15, 0.2) is 0 Å². The van der Waals surface area contributed by atoms with Crippen LogP contribution in [0.5, 0.6) is 0 Å². The van der Waals surface area contributed by atoms with Crippen molar-refractivity contribution < 1.29 is 13.2 Å². The zero-order valence-corrected chi connectivity index (χ0v) is 16.4. The van der Waals surface area contributed by atoms with Gasteiger partial charge in [0.2, 0.25) is 0 Å². The molecule has 4 heteroatoms. The average Bonchev–Trinajstić information content (AvgIpc) is 3.22. The van der Waals surface area contributed by atoms with Crippen molar-refractivity contribution in [2.75, 3.05) is 19.6 Å². The molecule has 0 unspecified atom stereocenters. The minimum atomic E-state index is -4.31. The molecule has 0 amide bonds.